The van der Waals surface area contributed by atoms with Crippen LogP contribution in [0.1, 0.15) is 16.3 Å². The maximum absolute atomic E-state index is 12.3. The molecule has 0 atom stereocenters. The fraction of sp³-hybridized carbons (Fsp3) is 0.389. The summed E-state index contributed by atoms with van der Waals surface area (Å²) in [6.45, 7) is 3.58. The van der Waals surface area contributed by atoms with Gasteiger partial charge < -0.3 is 10.2 Å². The Morgan fingerprint density at radius 3 is 2.93 bits per heavy atom. The van der Waals surface area contributed by atoms with Crippen molar-refractivity contribution in [1.29, 1.82) is 0 Å². The second-order valence-electron chi connectivity index (χ2n) is 6.55. The molecule has 2 aromatic heterocycles. The third kappa shape index (κ3) is 5.85. The Morgan fingerprint density at radius 1 is 1.32 bits per heavy atom. The van der Waals surface area contributed by atoms with Gasteiger partial charge in [-0.15, -0.1) is 16.4 Å². The molecule has 3 rings (SSSR count). The van der Waals surface area contributed by atoms with Crippen molar-refractivity contribution in [3.05, 3.63) is 45.9 Å². The highest BCUT2D eigenvalue weighted by atomic mass is 32.2. The van der Waals surface area contributed by atoms with Gasteiger partial charge in [0.15, 0.2) is 0 Å². The van der Waals surface area contributed by atoms with E-state index in [1.807, 2.05) is 50.7 Å². The van der Waals surface area contributed by atoms with Crippen molar-refractivity contribution in [3.8, 4) is 0 Å². The van der Waals surface area contributed by atoms with Crippen LogP contribution in [0.25, 0.3) is 0 Å². The topological polar surface area (TPSA) is 88.8 Å². The van der Waals surface area contributed by atoms with E-state index in [4.69, 9.17) is 0 Å². The van der Waals surface area contributed by atoms with Crippen LogP contribution >= 0.6 is 23.1 Å². The van der Waals surface area contributed by atoms with Gasteiger partial charge in [-0.3, -0.25) is 4.79 Å². The predicted octanol–water partition coefficient (Wildman–Crippen LogP) is 2.47. The Morgan fingerprint density at radius 2 is 2.14 bits per heavy atom. The zero-order valence-electron chi connectivity index (χ0n) is 16.1. The average Bonchev–Trinajstić information content (AvgIpc) is 3.29. The molecule has 0 fully saturated rings. The molecule has 10 heteroatoms. The number of thiazole rings is 1. The number of anilines is 1. The summed E-state index contributed by atoms with van der Waals surface area (Å²) in [7, 11) is 4.03. The molecule has 28 heavy (non-hydrogen) atoms. The summed E-state index contributed by atoms with van der Waals surface area (Å²) in [6, 6.07) is 7.73. The summed E-state index contributed by atoms with van der Waals surface area (Å²) in [5, 5.41) is 18.4. The second-order valence-corrected chi connectivity index (χ2v) is 8.43. The molecule has 0 aliphatic heterocycles. The Kier molecular flexibility index (Phi) is 7.12. The van der Waals surface area contributed by atoms with E-state index in [0.717, 1.165) is 40.2 Å². The number of tetrazole rings is 1. The first-order valence-corrected chi connectivity index (χ1v) is 10.7. The van der Waals surface area contributed by atoms with Crippen LogP contribution < -0.4 is 5.32 Å². The quantitative estimate of drug-likeness (QED) is 0.535. The van der Waals surface area contributed by atoms with Gasteiger partial charge in [-0.2, -0.15) is 0 Å². The van der Waals surface area contributed by atoms with Crippen molar-refractivity contribution in [3.63, 3.8) is 0 Å². The van der Waals surface area contributed by atoms with Gasteiger partial charge >= 0.3 is 0 Å². The minimum absolute atomic E-state index is 0.0597. The summed E-state index contributed by atoms with van der Waals surface area (Å²) in [5.74, 6) is 0.605. The van der Waals surface area contributed by atoms with Crippen molar-refractivity contribution in [2.24, 2.45) is 0 Å². The molecule has 0 spiro atoms. The molecule has 1 N–H and O–H groups in total. The van der Waals surface area contributed by atoms with Gasteiger partial charge in [0.1, 0.15) is 5.01 Å². The number of para-hydroxylation sites is 1. The number of hydrogen-bond donors (Lipinski definition) is 1. The maximum Gasteiger partial charge on any atom is 0.231 e. The van der Waals surface area contributed by atoms with Crippen molar-refractivity contribution in [2.45, 2.75) is 30.8 Å². The van der Waals surface area contributed by atoms with E-state index in [-0.39, 0.29) is 12.3 Å². The minimum atomic E-state index is -0.0597. The molecule has 0 radical (unpaired) electrons. The van der Waals surface area contributed by atoms with Crippen LogP contribution in [-0.2, 0) is 23.5 Å². The molecule has 148 valence electrons. The Balaban J connectivity index is 1.51. The molecule has 3 aromatic rings. The molecule has 1 amide bonds. The number of nitrogens with one attached hydrogen (secondary N) is 1. The van der Waals surface area contributed by atoms with Gasteiger partial charge in [0, 0.05) is 23.4 Å². The smallest absolute Gasteiger partial charge is 0.231 e. The number of benzene rings is 1. The standard InChI is InChI=1S/C18H23N7OS2/c1-13-6-4-5-7-15(13)20-16(26)10-17-19-14(11-27-17)12-28-18-21-22-23-25(18)9-8-24(2)3/h4-7,11H,8-10,12H2,1-3H3,(H,20,26). The number of rotatable bonds is 9. The lowest BCUT2D eigenvalue weighted by atomic mass is 10.2. The normalized spacial score (nSPS) is 11.1. The number of likely N-dealkylation sites (N-methyl/N-ethyl adjacent to an activating group) is 1. The molecule has 0 aliphatic rings. The molecule has 0 saturated carbocycles. The van der Waals surface area contributed by atoms with E-state index >= 15 is 0 Å². The highest BCUT2D eigenvalue weighted by molar-refractivity contribution is 7.98. The molecule has 0 unspecified atom stereocenters. The molecular weight excluding hydrogens is 394 g/mol. The van der Waals surface area contributed by atoms with E-state index in [2.05, 4.69) is 30.7 Å². The summed E-state index contributed by atoms with van der Waals surface area (Å²) in [4.78, 5) is 18.9. The number of aromatic nitrogens is 5. The lowest BCUT2D eigenvalue weighted by Crippen LogP contribution is -2.19. The van der Waals surface area contributed by atoms with Gasteiger partial charge in [-0.25, -0.2) is 9.67 Å². The van der Waals surface area contributed by atoms with Crippen molar-refractivity contribution < 1.29 is 4.79 Å². The van der Waals surface area contributed by atoms with Crippen molar-refractivity contribution in [2.75, 3.05) is 26.0 Å². The number of aryl methyl sites for hydroxylation is 1. The van der Waals surface area contributed by atoms with Gasteiger partial charge in [-0.1, -0.05) is 30.0 Å². The molecule has 2 heterocycles. The first-order chi connectivity index (χ1) is 13.5. The lowest BCUT2D eigenvalue weighted by Gasteiger charge is -2.09. The fourth-order valence-corrected chi connectivity index (χ4v) is 4.11. The first kappa shape index (κ1) is 20.4. The molecule has 0 bridgehead atoms. The summed E-state index contributed by atoms with van der Waals surface area (Å²) in [6.07, 6.45) is 0.268. The Bertz CT molecular complexity index is 922. The highest BCUT2D eigenvalue weighted by Gasteiger charge is 2.12. The Labute approximate surface area is 172 Å². The maximum atomic E-state index is 12.3. The van der Waals surface area contributed by atoms with Crippen molar-refractivity contribution in [1.82, 2.24) is 30.1 Å². The van der Waals surface area contributed by atoms with E-state index < -0.39 is 0 Å². The van der Waals surface area contributed by atoms with E-state index in [0.29, 0.717) is 5.75 Å². The van der Waals surface area contributed by atoms with Gasteiger partial charge in [0.2, 0.25) is 11.1 Å². The number of thioether (sulfide) groups is 1. The van der Waals surface area contributed by atoms with Crippen LogP contribution in [0.4, 0.5) is 5.69 Å². The summed E-state index contributed by atoms with van der Waals surface area (Å²) in [5.41, 5.74) is 2.80. The Hall–Kier alpha value is -2.30. The van der Waals surface area contributed by atoms with Crippen LogP contribution in [0, 0.1) is 6.92 Å². The van der Waals surface area contributed by atoms with Gasteiger partial charge in [0.05, 0.1) is 18.7 Å². The molecular formula is C18H23N7OS2. The third-order valence-corrected chi connectivity index (χ3v) is 5.83. The largest absolute Gasteiger partial charge is 0.325 e. The van der Waals surface area contributed by atoms with Crippen LogP contribution in [-0.4, -0.2) is 56.6 Å². The van der Waals surface area contributed by atoms with E-state index in [9.17, 15) is 4.79 Å². The SMILES string of the molecule is Cc1ccccc1NC(=O)Cc1nc(CSc2nnnn2CCN(C)C)cs1. The number of hydrogen-bond acceptors (Lipinski definition) is 8. The number of carbonyl (C=O) groups is 1. The predicted molar refractivity (Wildman–Crippen MR) is 112 cm³/mol. The van der Waals surface area contributed by atoms with E-state index in [1.165, 1.54) is 11.3 Å². The second kappa shape index (κ2) is 9.76. The summed E-state index contributed by atoms with van der Waals surface area (Å²) < 4.78 is 1.80. The fourth-order valence-electron chi connectivity index (χ4n) is 2.41. The van der Waals surface area contributed by atoms with Crippen LogP contribution in [0.2, 0.25) is 0 Å². The van der Waals surface area contributed by atoms with E-state index in [1.54, 1.807) is 16.4 Å². The summed E-state index contributed by atoms with van der Waals surface area (Å²) >= 11 is 3.05. The van der Waals surface area contributed by atoms with Crippen LogP contribution in [0.15, 0.2) is 34.8 Å². The average molecular weight is 418 g/mol. The molecule has 8 nitrogen and oxygen atoms in total. The van der Waals surface area contributed by atoms with Gasteiger partial charge in [0.25, 0.3) is 0 Å². The molecule has 1 aromatic carbocycles. The zero-order chi connectivity index (χ0) is 19.9. The third-order valence-electron chi connectivity index (χ3n) is 3.94. The monoisotopic (exact) mass is 417 g/mol. The zero-order valence-corrected chi connectivity index (χ0v) is 17.8. The van der Waals surface area contributed by atoms with Crippen LogP contribution in [0.5, 0.6) is 0 Å². The number of nitrogens with zero attached hydrogens (tertiary/aromatic N) is 6. The highest BCUT2D eigenvalue weighted by Crippen LogP contribution is 2.22. The number of carbonyl (C=O) groups excluding carboxylic acids is 1. The lowest BCUT2D eigenvalue weighted by molar-refractivity contribution is -0.115. The van der Waals surface area contributed by atoms with Crippen LogP contribution in [0.3, 0.4) is 0 Å². The molecule has 0 aliphatic carbocycles. The first-order valence-electron chi connectivity index (χ1n) is 8.83. The van der Waals surface area contributed by atoms with Gasteiger partial charge in [-0.05, 0) is 43.1 Å². The molecule has 0 saturated heterocycles. The minimum Gasteiger partial charge on any atom is -0.325 e. The number of amides is 1. The van der Waals surface area contributed by atoms with Crippen molar-refractivity contribution >= 4 is 34.7 Å².